The molecule has 1 aromatic heterocycles. The lowest BCUT2D eigenvalue weighted by molar-refractivity contribution is 0.0952. The molecule has 1 aliphatic heterocycles. The molecule has 1 aromatic rings. The molecular formula is C21H34N4O2. The number of hydrogen-bond acceptors (Lipinski definition) is 5. The number of methoxy groups -OCH3 is 1. The number of aromatic nitrogens is 1. The van der Waals surface area contributed by atoms with Crippen molar-refractivity contribution in [2.75, 3.05) is 51.8 Å². The number of ether oxygens (including phenoxy) is 1. The van der Waals surface area contributed by atoms with Crippen LogP contribution in [0.2, 0.25) is 0 Å². The summed E-state index contributed by atoms with van der Waals surface area (Å²) in [6, 6.07) is 2.08. The summed E-state index contributed by atoms with van der Waals surface area (Å²) >= 11 is 0. The van der Waals surface area contributed by atoms with E-state index in [-0.39, 0.29) is 5.91 Å². The lowest BCUT2D eigenvalue weighted by Gasteiger charge is -2.18. The van der Waals surface area contributed by atoms with Gasteiger partial charge in [-0.3, -0.25) is 4.79 Å². The second-order valence-electron chi connectivity index (χ2n) is 8.25. The summed E-state index contributed by atoms with van der Waals surface area (Å²) in [5, 5.41) is 6.51. The van der Waals surface area contributed by atoms with Crippen LogP contribution in [0.25, 0.3) is 0 Å². The summed E-state index contributed by atoms with van der Waals surface area (Å²) in [7, 11) is 1.74. The van der Waals surface area contributed by atoms with Gasteiger partial charge in [0.15, 0.2) is 0 Å². The zero-order valence-corrected chi connectivity index (χ0v) is 17.0. The number of carbonyl (C=O) groups is 1. The number of nitrogens with zero attached hydrogens (tertiary/aromatic N) is 2. The normalized spacial score (nSPS) is 17.5. The molecular weight excluding hydrogens is 340 g/mol. The minimum Gasteiger partial charge on any atom is -0.383 e. The van der Waals surface area contributed by atoms with E-state index in [4.69, 9.17) is 9.72 Å². The first-order chi connectivity index (χ1) is 13.1. The molecule has 2 heterocycles. The first kappa shape index (κ1) is 20.1. The van der Waals surface area contributed by atoms with E-state index in [1.54, 1.807) is 7.11 Å². The predicted octanol–water partition coefficient (Wildman–Crippen LogP) is 2.34. The van der Waals surface area contributed by atoms with Gasteiger partial charge in [-0.1, -0.05) is 13.8 Å². The highest BCUT2D eigenvalue weighted by Gasteiger charge is 2.24. The van der Waals surface area contributed by atoms with Crippen molar-refractivity contribution >= 4 is 11.7 Å². The zero-order valence-electron chi connectivity index (χ0n) is 17.0. The molecule has 0 aromatic carbocycles. The Hall–Kier alpha value is -1.66. The van der Waals surface area contributed by atoms with Crippen molar-refractivity contribution in [3.8, 4) is 0 Å². The van der Waals surface area contributed by atoms with Crippen LogP contribution < -0.4 is 10.6 Å². The Kier molecular flexibility index (Phi) is 7.07. The van der Waals surface area contributed by atoms with Gasteiger partial charge in [-0.2, -0.15) is 0 Å². The van der Waals surface area contributed by atoms with Crippen LogP contribution in [0.3, 0.4) is 0 Å². The van der Waals surface area contributed by atoms with Crippen LogP contribution in [0.4, 0.5) is 5.82 Å². The van der Waals surface area contributed by atoms with E-state index in [0.717, 1.165) is 63.7 Å². The van der Waals surface area contributed by atoms with E-state index in [1.165, 1.54) is 18.4 Å². The number of hydrogen-bond donors (Lipinski definition) is 2. The van der Waals surface area contributed by atoms with Gasteiger partial charge in [0.2, 0.25) is 0 Å². The van der Waals surface area contributed by atoms with Crippen LogP contribution in [-0.4, -0.2) is 62.2 Å². The van der Waals surface area contributed by atoms with Gasteiger partial charge in [-0.15, -0.1) is 0 Å². The zero-order chi connectivity index (χ0) is 19.2. The molecule has 6 nitrogen and oxygen atoms in total. The molecule has 0 spiro atoms. The Morgan fingerprint density at radius 1 is 1.33 bits per heavy atom. The van der Waals surface area contributed by atoms with E-state index < -0.39 is 0 Å². The lowest BCUT2D eigenvalue weighted by atomic mass is 10.0. The Bertz CT molecular complexity index is 643. The van der Waals surface area contributed by atoms with E-state index in [1.807, 2.05) is 0 Å². The molecule has 1 amide bonds. The number of rotatable bonds is 9. The van der Waals surface area contributed by atoms with Crippen molar-refractivity contribution in [3.63, 3.8) is 0 Å². The van der Waals surface area contributed by atoms with Gasteiger partial charge in [0.1, 0.15) is 5.82 Å². The molecule has 150 valence electrons. The number of amides is 1. The maximum atomic E-state index is 12.8. The van der Waals surface area contributed by atoms with Crippen molar-refractivity contribution in [3.05, 3.63) is 22.9 Å². The van der Waals surface area contributed by atoms with Crippen LogP contribution in [0.5, 0.6) is 0 Å². The van der Waals surface area contributed by atoms with Crippen molar-refractivity contribution < 1.29 is 9.53 Å². The number of carbonyl (C=O) groups excluding carboxylic acids is 1. The molecule has 0 unspecified atom stereocenters. The molecule has 2 aliphatic rings. The molecule has 1 aliphatic carbocycles. The Morgan fingerprint density at radius 2 is 2.11 bits per heavy atom. The predicted molar refractivity (Wildman–Crippen MR) is 108 cm³/mol. The topological polar surface area (TPSA) is 66.5 Å². The van der Waals surface area contributed by atoms with E-state index in [9.17, 15) is 4.79 Å². The van der Waals surface area contributed by atoms with Crippen LogP contribution in [0, 0.1) is 11.8 Å². The Labute approximate surface area is 163 Å². The highest BCUT2D eigenvalue weighted by molar-refractivity contribution is 5.99. The third-order valence-electron chi connectivity index (χ3n) is 5.34. The van der Waals surface area contributed by atoms with Crippen molar-refractivity contribution in [1.29, 1.82) is 0 Å². The molecule has 0 radical (unpaired) electrons. The maximum Gasteiger partial charge on any atom is 0.255 e. The summed E-state index contributed by atoms with van der Waals surface area (Å²) in [5.41, 5.74) is 3.03. The molecule has 27 heavy (non-hydrogen) atoms. The first-order valence-corrected chi connectivity index (χ1v) is 10.3. The Morgan fingerprint density at radius 3 is 2.81 bits per heavy atom. The van der Waals surface area contributed by atoms with Gasteiger partial charge in [0.25, 0.3) is 5.91 Å². The summed E-state index contributed by atoms with van der Waals surface area (Å²) in [4.78, 5) is 20.1. The summed E-state index contributed by atoms with van der Waals surface area (Å²) in [6.45, 7) is 9.59. The minimum atomic E-state index is 0.00365. The second-order valence-corrected chi connectivity index (χ2v) is 8.25. The van der Waals surface area contributed by atoms with Gasteiger partial charge < -0.3 is 20.3 Å². The smallest absolute Gasteiger partial charge is 0.255 e. The van der Waals surface area contributed by atoms with Crippen molar-refractivity contribution in [1.82, 2.24) is 15.2 Å². The summed E-state index contributed by atoms with van der Waals surface area (Å²) in [6.07, 6.45) is 4.32. The van der Waals surface area contributed by atoms with Crippen molar-refractivity contribution in [2.45, 2.75) is 39.5 Å². The fourth-order valence-electron chi connectivity index (χ4n) is 3.39. The fraction of sp³-hybridized carbons (Fsp3) is 0.714. The third-order valence-corrected chi connectivity index (χ3v) is 5.34. The van der Waals surface area contributed by atoms with Gasteiger partial charge >= 0.3 is 0 Å². The molecule has 0 saturated heterocycles. The number of anilines is 1. The Balaban J connectivity index is 1.76. The quantitative estimate of drug-likeness (QED) is 0.694. The minimum absolute atomic E-state index is 0.00365. The number of fused-ring (bicyclic) bond motifs is 1. The van der Waals surface area contributed by atoms with Gasteiger partial charge in [0, 0.05) is 51.9 Å². The van der Waals surface area contributed by atoms with Gasteiger partial charge in [0.05, 0.1) is 12.2 Å². The first-order valence-electron chi connectivity index (χ1n) is 10.3. The second kappa shape index (κ2) is 9.51. The van der Waals surface area contributed by atoms with Crippen LogP contribution in [0.15, 0.2) is 6.07 Å². The molecule has 1 fully saturated rings. The average molecular weight is 375 g/mol. The average Bonchev–Trinajstić information content (AvgIpc) is 3.49. The highest BCUT2D eigenvalue weighted by atomic mass is 16.5. The number of pyridine rings is 1. The SMILES string of the molecule is COCCN1CCc2cc(C(=O)NCC3CC3)c(NCC(C)C)nc2CC1. The summed E-state index contributed by atoms with van der Waals surface area (Å²) < 4.78 is 5.22. The van der Waals surface area contributed by atoms with Gasteiger partial charge in [-0.05, 0) is 42.7 Å². The third kappa shape index (κ3) is 5.91. The largest absolute Gasteiger partial charge is 0.383 e. The summed E-state index contributed by atoms with van der Waals surface area (Å²) in [5.74, 6) is 1.91. The van der Waals surface area contributed by atoms with Crippen molar-refractivity contribution in [2.24, 2.45) is 11.8 Å². The van der Waals surface area contributed by atoms with E-state index in [0.29, 0.717) is 17.4 Å². The van der Waals surface area contributed by atoms with Crippen LogP contribution in [-0.2, 0) is 17.6 Å². The fourth-order valence-corrected chi connectivity index (χ4v) is 3.39. The van der Waals surface area contributed by atoms with E-state index >= 15 is 0 Å². The van der Waals surface area contributed by atoms with E-state index in [2.05, 4.69) is 35.4 Å². The highest BCUT2D eigenvalue weighted by Crippen LogP contribution is 2.28. The number of nitrogens with one attached hydrogen (secondary N) is 2. The van der Waals surface area contributed by atoms with Crippen LogP contribution >= 0.6 is 0 Å². The molecule has 6 heteroatoms. The molecule has 3 rings (SSSR count). The van der Waals surface area contributed by atoms with Crippen LogP contribution in [0.1, 0.15) is 48.3 Å². The van der Waals surface area contributed by atoms with Gasteiger partial charge in [-0.25, -0.2) is 4.98 Å². The molecule has 0 bridgehead atoms. The standard InChI is InChI=1S/C21H34N4O2/c1-15(2)13-22-20-18(21(26)23-14-16-4-5-16)12-17-6-8-25(10-11-27-3)9-7-19(17)24-20/h12,15-16H,4-11,13-14H2,1-3H3,(H,22,24)(H,23,26). The molecule has 0 atom stereocenters. The molecule has 2 N–H and O–H groups in total. The monoisotopic (exact) mass is 374 g/mol. The molecule has 1 saturated carbocycles. The maximum absolute atomic E-state index is 12.8. The lowest BCUT2D eigenvalue weighted by Crippen LogP contribution is -2.29.